The van der Waals surface area contributed by atoms with Gasteiger partial charge >= 0.3 is 0 Å². The van der Waals surface area contributed by atoms with Crippen LogP contribution in [0, 0.1) is 3.57 Å². The van der Waals surface area contributed by atoms with Gasteiger partial charge in [0, 0.05) is 29.7 Å². The number of piperazine rings is 1. The number of carbonyl (C=O) groups is 2. The number of amides is 2. The lowest BCUT2D eigenvalue weighted by Crippen LogP contribution is -2.51. The highest BCUT2D eigenvalue weighted by Gasteiger charge is 2.26. The van der Waals surface area contributed by atoms with Gasteiger partial charge in [-0.3, -0.25) is 9.59 Å². The third kappa shape index (κ3) is 4.46. The molecule has 0 aliphatic carbocycles. The fourth-order valence-corrected chi connectivity index (χ4v) is 3.11. The van der Waals surface area contributed by atoms with E-state index in [0.29, 0.717) is 31.9 Å². The van der Waals surface area contributed by atoms with Gasteiger partial charge in [-0.05, 0) is 59.0 Å². The van der Waals surface area contributed by atoms with Crippen LogP contribution in [0.5, 0.6) is 11.5 Å². The summed E-state index contributed by atoms with van der Waals surface area (Å²) in [5.41, 5.74) is 0.286. The molecule has 1 N–H and O–H groups in total. The molecule has 0 aromatic heterocycles. The standard InChI is InChI=1S/C19H19IN2O4/c20-14-5-7-15(8-6-14)26-13-18(24)21-9-11-22(12-10-21)19(25)16-3-1-2-4-17(16)23/h1-8,23H,9-13H2. The second-order valence-electron chi connectivity index (χ2n) is 5.93. The Morgan fingerprint density at radius 1 is 0.962 bits per heavy atom. The molecule has 1 fully saturated rings. The summed E-state index contributed by atoms with van der Waals surface area (Å²) in [6, 6.07) is 14.0. The van der Waals surface area contributed by atoms with Crippen molar-refractivity contribution in [2.75, 3.05) is 32.8 Å². The third-order valence-corrected chi connectivity index (χ3v) is 4.95. The zero-order chi connectivity index (χ0) is 18.5. The molecule has 2 amide bonds. The molecule has 26 heavy (non-hydrogen) atoms. The van der Waals surface area contributed by atoms with Crippen LogP contribution in [-0.4, -0.2) is 59.5 Å². The van der Waals surface area contributed by atoms with Crippen molar-refractivity contribution in [3.8, 4) is 11.5 Å². The monoisotopic (exact) mass is 466 g/mol. The van der Waals surface area contributed by atoms with E-state index in [4.69, 9.17) is 4.74 Å². The highest BCUT2D eigenvalue weighted by molar-refractivity contribution is 14.1. The smallest absolute Gasteiger partial charge is 0.260 e. The van der Waals surface area contributed by atoms with E-state index in [9.17, 15) is 14.7 Å². The van der Waals surface area contributed by atoms with E-state index in [1.54, 1.807) is 28.0 Å². The summed E-state index contributed by atoms with van der Waals surface area (Å²) in [6.45, 7) is 1.75. The predicted molar refractivity (Wildman–Crippen MR) is 105 cm³/mol. The molecule has 0 atom stereocenters. The van der Waals surface area contributed by atoms with Crippen LogP contribution in [0.4, 0.5) is 0 Å². The van der Waals surface area contributed by atoms with Gasteiger partial charge in [-0.1, -0.05) is 12.1 Å². The minimum absolute atomic E-state index is 0.0198. The summed E-state index contributed by atoms with van der Waals surface area (Å²) in [4.78, 5) is 28.1. The lowest BCUT2D eigenvalue weighted by Gasteiger charge is -2.34. The number of rotatable bonds is 4. The topological polar surface area (TPSA) is 70.1 Å². The fourth-order valence-electron chi connectivity index (χ4n) is 2.75. The Morgan fingerprint density at radius 2 is 1.58 bits per heavy atom. The number of phenolic OH excluding ortho intramolecular Hbond substituents is 1. The number of para-hydroxylation sites is 1. The Hall–Kier alpha value is -2.29. The molecule has 7 heteroatoms. The second-order valence-corrected chi connectivity index (χ2v) is 7.18. The average Bonchev–Trinajstić information content (AvgIpc) is 2.67. The quantitative estimate of drug-likeness (QED) is 0.703. The molecule has 1 saturated heterocycles. The molecule has 3 rings (SSSR count). The predicted octanol–water partition coefficient (Wildman–Crippen LogP) is 2.36. The molecular weight excluding hydrogens is 447 g/mol. The maximum Gasteiger partial charge on any atom is 0.260 e. The Balaban J connectivity index is 1.50. The second kappa shape index (κ2) is 8.39. The zero-order valence-electron chi connectivity index (χ0n) is 14.1. The molecule has 0 unspecified atom stereocenters. The Morgan fingerprint density at radius 3 is 2.23 bits per heavy atom. The summed E-state index contributed by atoms with van der Waals surface area (Å²) >= 11 is 2.21. The van der Waals surface area contributed by atoms with Gasteiger partial charge in [0.25, 0.3) is 11.8 Å². The number of ether oxygens (including phenoxy) is 1. The van der Waals surface area contributed by atoms with Crippen molar-refractivity contribution < 1.29 is 19.4 Å². The summed E-state index contributed by atoms with van der Waals surface area (Å²) in [5, 5.41) is 9.82. The van der Waals surface area contributed by atoms with Gasteiger partial charge in [0.15, 0.2) is 6.61 Å². The Kier molecular flexibility index (Phi) is 5.97. The van der Waals surface area contributed by atoms with Crippen molar-refractivity contribution in [3.05, 3.63) is 57.7 Å². The van der Waals surface area contributed by atoms with Crippen molar-refractivity contribution >= 4 is 34.4 Å². The van der Waals surface area contributed by atoms with Gasteiger partial charge in [0.2, 0.25) is 0 Å². The highest BCUT2D eigenvalue weighted by atomic mass is 127. The minimum Gasteiger partial charge on any atom is -0.507 e. The van der Waals surface area contributed by atoms with Crippen molar-refractivity contribution in [2.24, 2.45) is 0 Å². The molecular formula is C19H19IN2O4. The van der Waals surface area contributed by atoms with Crippen LogP contribution in [0.3, 0.4) is 0 Å². The van der Waals surface area contributed by atoms with E-state index < -0.39 is 0 Å². The first kappa shape index (κ1) is 18.5. The first-order valence-corrected chi connectivity index (χ1v) is 9.36. The van der Waals surface area contributed by atoms with Gasteiger partial charge in [-0.25, -0.2) is 0 Å². The van der Waals surface area contributed by atoms with Gasteiger partial charge in [0.05, 0.1) is 5.56 Å². The lowest BCUT2D eigenvalue weighted by molar-refractivity contribution is -0.134. The van der Waals surface area contributed by atoms with Crippen LogP contribution in [0.25, 0.3) is 0 Å². The summed E-state index contributed by atoms with van der Waals surface area (Å²) in [6.07, 6.45) is 0. The number of aromatic hydroxyl groups is 1. The summed E-state index contributed by atoms with van der Waals surface area (Å²) in [7, 11) is 0. The van der Waals surface area contributed by atoms with E-state index in [2.05, 4.69) is 22.6 Å². The number of hydrogen-bond acceptors (Lipinski definition) is 4. The highest BCUT2D eigenvalue weighted by Crippen LogP contribution is 2.19. The van der Waals surface area contributed by atoms with E-state index in [1.165, 1.54) is 6.07 Å². The Bertz CT molecular complexity index is 786. The summed E-state index contributed by atoms with van der Waals surface area (Å²) < 4.78 is 6.63. The number of hydrogen-bond donors (Lipinski definition) is 1. The molecule has 0 spiro atoms. The number of nitrogens with zero attached hydrogens (tertiary/aromatic N) is 2. The third-order valence-electron chi connectivity index (χ3n) is 4.23. The van der Waals surface area contributed by atoms with Crippen LogP contribution < -0.4 is 4.74 Å². The first-order valence-electron chi connectivity index (χ1n) is 8.28. The van der Waals surface area contributed by atoms with Crippen molar-refractivity contribution in [1.29, 1.82) is 0 Å². The molecule has 0 radical (unpaired) electrons. The van der Waals surface area contributed by atoms with E-state index >= 15 is 0 Å². The van der Waals surface area contributed by atoms with Crippen LogP contribution >= 0.6 is 22.6 Å². The van der Waals surface area contributed by atoms with E-state index in [-0.39, 0.29) is 29.7 Å². The maximum atomic E-state index is 12.5. The van der Waals surface area contributed by atoms with Crippen molar-refractivity contribution in [3.63, 3.8) is 0 Å². The molecule has 0 bridgehead atoms. The molecule has 136 valence electrons. The van der Waals surface area contributed by atoms with Gasteiger partial charge in [-0.2, -0.15) is 0 Å². The Labute approximate surface area is 165 Å². The molecule has 2 aromatic carbocycles. The van der Waals surface area contributed by atoms with E-state index in [1.807, 2.05) is 24.3 Å². The molecule has 1 heterocycles. The normalized spacial score (nSPS) is 14.2. The largest absolute Gasteiger partial charge is 0.507 e. The van der Waals surface area contributed by atoms with E-state index in [0.717, 1.165) is 3.57 Å². The zero-order valence-corrected chi connectivity index (χ0v) is 16.3. The number of phenols is 1. The van der Waals surface area contributed by atoms with Gasteiger partial charge in [0.1, 0.15) is 11.5 Å². The number of benzene rings is 2. The van der Waals surface area contributed by atoms with Gasteiger partial charge < -0.3 is 19.6 Å². The number of halogens is 1. The molecule has 6 nitrogen and oxygen atoms in total. The number of carbonyl (C=O) groups excluding carboxylic acids is 2. The average molecular weight is 466 g/mol. The van der Waals surface area contributed by atoms with Gasteiger partial charge in [-0.15, -0.1) is 0 Å². The fraction of sp³-hybridized carbons (Fsp3) is 0.263. The minimum atomic E-state index is -0.217. The van der Waals surface area contributed by atoms with Crippen molar-refractivity contribution in [1.82, 2.24) is 9.80 Å². The molecule has 0 saturated carbocycles. The lowest BCUT2D eigenvalue weighted by atomic mass is 10.1. The van der Waals surface area contributed by atoms with Crippen LogP contribution in [0.1, 0.15) is 10.4 Å². The van der Waals surface area contributed by atoms with Crippen LogP contribution in [0.15, 0.2) is 48.5 Å². The maximum absolute atomic E-state index is 12.5. The molecule has 1 aliphatic rings. The van der Waals surface area contributed by atoms with Crippen LogP contribution in [0.2, 0.25) is 0 Å². The first-order chi connectivity index (χ1) is 12.5. The SMILES string of the molecule is O=C(COc1ccc(I)cc1)N1CCN(C(=O)c2ccccc2O)CC1. The van der Waals surface area contributed by atoms with Crippen LogP contribution in [-0.2, 0) is 4.79 Å². The molecule has 1 aliphatic heterocycles. The summed E-state index contributed by atoms with van der Waals surface area (Å²) in [5.74, 6) is 0.317. The van der Waals surface area contributed by atoms with Crippen molar-refractivity contribution in [2.45, 2.75) is 0 Å². The molecule has 2 aromatic rings.